The Hall–Kier alpha value is -3.52. The lowest BCUT2D eigenvalue weighted by atomic mass is 9.78. The molecule has 0 radical (unpaired) electrons. The lowest BCUT2D eigenvalue weighted by Gasteiger charge is -2.55. The summed E-state index contributed by atoms with van der Waals surface area (Å²) in [6.07, 6.45) is -0.228. The summed E-state index contributed by atoms with van der Waals surface area (Å²) in [5.74, 6) is -3.14. The Bertz CT molecular complexity index is 1750. The number of carboxylic acid groups (broad SMARTS) is 1. The molecule has 2 aromatic rings. The highest BCUT2D eigenvalue weighted by molar-refractivity contribution is 7.93. The summed E-state index contributed by atoms with van der Waals surface area (Å²) >= 11 is 0. The monoisotopic (exact) mass is 625 g/mol. The van der Waals surface area contributed by atoms with Gasteiger partial charge in [-0.05, 0) is 35.6 Å². The molecule has 234 valence electrons. The first-order valence-corrected chi connectivity index (χ1v) is 16.8. The number of rotatable bonds is 9. The maximum atomic E-state index is 14.2. The normalized spacial score (nSPS) is 32.2. The van der Waals surface area contributed by atoms with Gasteiger partial charge >= 0.3 is 5.97 Å². The van der Waals surface area contributed by atoms with Crippen LogP contribution >= 0.6 is 0 Å². The van der Waals surface area contributed by atoms with Crippen molar-refractivity contribution >= 4 is 44.3 Å². The van der Waals surface area contributed by atoms with E-state index in [2.05, 4.69) is 6.07 Å². The molecule has 6 aliphatic rings. The summed E-state index contributed by atoms with van der Waals surface area (Å²) in [6.45, 7) is 10.1. The molecule has 12 nitrogen and oxygen atoms in total. The van der Waals surface area contributed by atoms with E-state index in [4.69, 9.17) is 5.73 Å². The van der Waals surface area contributed by atoms with Crippen LogP contribution in [0.25, 0.3) is 10.8 Å². The number of hydrogen-bond acceptors (Lipinski definition) is 6. The SMILES string of the molecule is CC(O)[C@H]1C(=O)N2C(C(=O)O)=C(CN3c4cccc5cc(CC[N+]67CC[N+](CC(N)=O)(CC6)CC7)cc(c45)S3(=O)=O)[C@@H](C)[C@H]12. The average Bonchev–Trinajstić information content (AvgIpc) is 3.34. The number of quaternary nitrogens is 2. The van der Waals surface area contributed by atoms with Crippen molar-refractivity contribution in [1.82, 2.24) is 4.90 Å². The van der Waals surface area contributed by atoms with Crippen LogP contribution in [0.3, 0.4) is 0 Å². The summed E-state index contributed by atoms with van der Waals surface area (Å²) < 4.78 is 31.3. The molecule has 4 saturated heterocycles. The topological polar surface area (TPSA) is 158 Å². The van der Waals surface area contributed by atoms with Crippen molar-refractivity contribution in [3.63, 3.8) is 0 Å². The van der Waals surface area contributed by atoms with Gasteiger partial charge < -0.3 is 29.8 Å². The summed E-state index contributed by atoms with van der Waals surface area (Å²) in [4.78, 5) is 38.3. The standard InChI is InChI=1S/C31H37N5O7S/c1-18-22(29(31(40)41)34-28(18)26(19(2)37)30(34)39)16-33-23-5-3-4-21-14-20(15-24(27(21)23)44(33,42)43)6-7-35-8-11-36(12-9-35,13-10-35)17-25(32)38/h3-5,14-15,18-19,26,28,37H,6-13,16-17H2,1-2H3,(H-2,32,38,40,41)/p+2/t18-,19?,26-,28-,35?,36?/m1/s1. The molecule has 2 bridgehead atoms. The molecular formula is C31H39N5O7S+2. The number of primary amides is 1. The number of hydrogen-bond donors (Lipinski definition) is 3. The van der Waals surface area contributed by atoms with Crippen LogP contribution in [-0.4, -0.2) is 121 Å². The van der Waals surface area contributed by atoms with E-state index in [1.807, 2.05) is 12.1 Å². The third-order valence-corrected chi connectivity index (χ3v) is 12.9. The number of benzene rings is 2. The van der Waals surface area contributed by atoms with Crippen LogP contribution in [0.15, 0.2) is 46.5 Å². The predicted octanol–water partition coefficient (Wildman–Crippen LogP) is 0.233. The fraction of sp³-hybridized carbons (Fsp3) is 0.516. The lowest BCUT2D eigenvalue weighted by Crippen LogP contribution is -2.76. The van der Waals surface area contributed by atoms with Gasteiger partial charge in [0.25, 0.3) is 15.9 Å². The Kier molecular flexibility index (Phi) is 6.46. The Morgan fingerprint density at radius 1 is 1.09 bits per heavy atom. The minimum absolute atomic E-state index is 0.182. The van der Waals surface area contributed by atoms with Crippen molar-refractivity contribution in [3.8, 4) is 0 Å². The third-order valence-electron chi connectivity index (χ3n) is 11.2. The van der Waals surface area contributed by atoms with Crippen LogP contribution in [0.2, 0.25) is 0 Å². The summed E-state index contributed by atoms with van der Waals surface area (Å²) in [5.41, 5.74) is 7.14. The van der Waals surface area contributed by atoms with E-state index in [0.29, 0.717) is 29.6 Å². The van der Waals surface area contributed by atoms with Crippen molar-refractivity contribution in [1.29, 1.82) is 0 Å². The molecule has 1 unspecified atom stereocenters. The molecule has 4 atom stereocenters. The smallest absolute Gasteiger partial charge is 0.352 e. The van der Waals surface area contributed by atoms with Crippen molar-refractivity contribution in [2.75, 3.05) is 63.2 Å². The van der Waals surface area contributed by atoms with Crippen LogP contribution in [0.1, 0.15) is 19.4 Å². The van der Waals surface area contributed by atoms with Crippen LogP contribution < -0.4 is 10.0 Å². The first-order valence-electron chi connectivity index (χ1n) is 15.3. The number of aliphatic carboxylic acids is 1. The maximum absolute atomic E-state index is 14.2. The van der Waals surface area contributed by atoms with Crippen LogP contribution in [0.4, 0.5) is 5.69 Å². The van der Waals surface area contributed by atoms with Crippen molar-refractivity contribution in [2.45, 2.75) is 37.3 Å². The zero-order chi connectivity index (χ0) is 31.3. The van der Waals surface area contributed by atoms with Gasteiger partial charge in [-0.25, -0.2) is 13.2 Å². The maximum Gasteiger partial charge on any atom is 0.352 e. The van der Waals surface area contributed by atoms with Gasteiger partial charge in [-0.2, -0.15) is 0 Å². The van der Waals surface area contributed by atoms with Crippen LogP contribution in [0, 0.1) is 11.8 Å². The van der Waals surface area contributed by atoms with Gasteiger partial charge in [0.05, 0.1) is 41.7 Å². The number of β-lactam (4-membered cyclic amide) rings is 1. The second-order valence-corrected chi connectivity index (χ2v) is 15.4. The summed E-state index contributed by atoms with van der Waals surface area (Å²) in [5, 5.41) is 21.7. The number of aliphatic hydroxyl groups excluding tert-OH is 1. The van der Waals surface area contributed by atoms with E-state index < -0.39 is 45.9 Å². The minimum Gasteiger partial charge on any atom is -0.477 e. The number of fused-ring (bicyclic) bond motifs is 4. The number of anilines is 1. The third kappa shape index (κ3) is 4.12. The van der Waals surface area contributed by atoms with E-state index in [0.717, 1.165) is 65.7 Å². The molecule has 6 aliphatic heterocycles. The van der Waals surface area contributed by atoms with Crippen molar-refractivity contribution < 1.29 is 42.0 Å². The number of sulfonamides is 1. The Balaban J connectivity index is 1.16. The molecule has 44 heavy (non-hydrogen) atoms. The molecule has 8 rings (SSSR count). The summed E-state index contributed by atoms with van der Waals surface area (Å²) in [6, 6.07) is 8.77. The van der Waals surface area contributed by atoms with Gasteiger partial charge in [0.2, 0.25) is 5.91 Å². The number of carbonyl (C=O) groups excluding carboxylic acids is 2. The van der Waals surface area contributed by atoms with E-state index >= 15 is 0 Å². The molecule has 6 heterocycles. The van der Waals surface area contributed by atoms with Gasteiger partial charge in [-0.3, -0.25) is 13.9 Å². The molecule has 13 heteroatoms. The fourth-order valence-corrected chi connectivity index (χ4v) is 10.4. The highest BCUT2D eigenvalue weighted by atomic mass is 32.2. The molecule has 4 N–H and O–H groups in total. The molecule has 2 amide bonds. The summed E-state index contributed by atoms with van der Waals surface area (Å²) in [7, 11) is -4.01. The Morgan fingerprint density at radius 3 is 2.36 bits per heavy atom. The predicted molar refractivity (Wildman–Crippen MR) is 160 cm³/mol. The molecular weight excluding hydrogens is 586 g/mol. The molecule has 2 aromatic carbocycles. The number of piperazine rings is 3. The fourth-order valence-electron chi connectivity index (χ4n) is 8.62. The van der Waals surface area contributed by atoms with Gasteiger partial charge in [-0.15, -0.1) is 0 Å². The number of nitrogens with two attached hydrogens (primary N) is 1. The number of nitrogens with zero attached hydrogens (tertiary/aromatic N) is 4. The molecule has 0 aromatic heterocycles. The molecule has 0 saturated carbocycles. The quantitative estimate of drug-likeness (QED) is 0.266. The van der Waals surface area contributed by atoms with E-state index in [9.17, 15) is 33.0 Å². The van der Waals surface area contributed by atoms with Gasteiger partial charge in [0.1, 0.15) is 45.0 Å². The second kappa shape index (κ2) is 9.74. The minimum atomic E-state index is -4.01. The van der Waals surface area contributed by atoms with Gasteiger partial charge in [-0.1, -0.05) is 25.1 Å². The largest absolute Gasteiger partial charge is 0.477 e. The zero-order valence-corrected chi connectivity index (χ0v) is 25.8. The Morgan fingerprint density at radius 2 is 1.75 bits per heavy atom. The van der Waals surface area contributed by atoms with E-state index in [-0.39, 0.29) is 23.0 Å². The highest BCUT2D eigenvalue weighted by Crippen LogP contribution is 2.49. The first kappa shape index (κ1) is 29.2. The zero-order valence-electron chi connectivity index (χ0n) is 25.0. The van der Waals surface area contributed by atoms with E-state index in [1.165, 1.54) is 16.1 Å². The number of carbonyl (C=O) groups is 3. The lowest BCUT2D eigenvalue weighted by molar-refractivity contribution is -1.08. The number of amides is 2. The molecule has 0 aliphatic carbocycles. The molecule has 0 spiro atoms. The second-order valence-electron chi connectivity index (χ2n) is 13.5. The van der Waals surface area contributed by atoms with Crippen LogP contribution in [-0.2, 0) is 30.8 Å². The van der Waals surface area contributed by atoms with Crippen LogP contribution in [0.5, 0.6) is 0 Å². The molecule has 4 fully saturated rings. The van der Waals surface area contributed by atoms with Gasteiger partial charge in [0, 0.05) is 17.7 Å². The Labute approximate surface area is 256 Å². The highest BCUT2D eigenvalue weighted by Gasteiger charge is 2.60. The van der Waals surface area contributed by atoms with Crippen molar-refractivity contribution in [3.05, 3.63) is 47.2 Å². The number of carboxylic acids is 1. The van der Waals surface area contributed by atoms with Gasteiger partial charge in [0.15, 0.2) is 6.54 Å². The average molecular weight is 626 g/mol. The van der Waals surface area contributed by atoms with E-state index in [1.54, 1.807) is 19.1 Å². The first-order chi connectivity index (χ1) is 20.8. The number of aliphatic hydroxyl groups is 1. The van der Waals surface area contributed by atoms with Crippen molar-refractivity contribution in [2.24, 2.45) is 17.6 Å².